The van der Waals surface area contributed by atoms with E-state index in [1.54, 1.807) is 0 Å². The lowest BCUT2D eigenvalue weighted by atomic mass is 10.00. The predicted molar refractivity (Wildman–Crippen MR) is 34.0 cm³/mol. The molecule has 0 bridgehead atoms. The van der Waals surface area contributed by atoms with Crippen LogP contribution < -0.4 is 10.4 Å². The number of carbonyl (C=O) groups excluding carboxylic acids is 1. The summed E-state index contributed by atoms with van der Waals surface area (Å²) in [4.78, 5) is 10.4. The largest absolute Gasteiger partial charge is 0.544 e. The number of hydrogen-bond acceptors (Lipinski definition) is 2. The molecule has 1 fully saturated rings. The summed E-state index contributed by atoms with van der Waals surface area (Å²) in [5.74, 6) is -0.911. The van der Waals surface area contributed by atoms with Crippen LogP contribution in [0.1, 0.15) is 26.2 Å². The third-order valence-electron chi connectivity index (χ3n) is 2.04. The molecule has 3 nitrogen and oxygen atoms in total. The van der Waals surface area contributed by atoms with Crippen molar-refractivity contribution in [3.05, 3.63) is 0 Å². The molecule has 0 aromatic carbocycles. The topological polar surface area (TPSA) is 56.7 Å². The molecule has 1 aliphatic rings. The standard InChI is InChI=1S/C7H13NO2/c1-5-3-2-4-6(8-5)7(9)10/h5-6,8H,2-4H2,1H3,(H,9,10)/t5-,6+/m0/s1. The van der Waals surface area contributed by atoms with Crippen molar-refractivity contribution in [2.45, 2.75) is 38.3 Å². The highest BCUT2D eigenvalue weighted by Crippen LogP contribution is 2.04. The van der Waals surface area contributed by atoms with Crippen LogP contribution in [0.15, 0.2) is 0 Å². The molecule has 3 heteroatoms. The zero-order chi connectivity index (χ0) is 7.56. The van der Waals surface area contributed by atoms with Gasteiger partial charge in [-0.3, -0.25) is 0 Å². The molecule has 1 aliphatic heterocycles. The van der Waals surface area contributed by atoms with Crippen LogP contribution >= 0.6 is 0 Å². The van der Waals surface area contributed by atoms with Crippen LogP contribution in [0.25, 0.3) is 0 Å². The van der Waals surface area contributed by atoms with Crippen molar-refractivity contribution in [3.8, 4) is 0 Å². The zero-order valence-electron chi connectivity index (χ0n) is 6.17. The molecule has 58 valence electrons. The van der Waals surface area contributed by atoms with Crippen LogP contribution in [-0.4, -0.2) is 18.1 Å². The smallest absolute Gasteiger partial charge is 0.126 e. The summed E-state index contributed by atoms with van der Waals surface area (Å²) in [6.45, 7) is 2.05. The number of quaternary nitrogens is 1. The predicted octanol–water partition coefficient (Wildman–Crippen LogP) is -1.76. The minimum absolute atomic E-state index is 0.288. The molecule has 2 N–H and O–H groups in total. The van der Waals surface area contributed by atoms with E-state index in [2.05, 4.69) is 6.92 Å². The molecule has 0 saturated carbocycles. The molecular weight excluding hydrogens is 130 g/mol. The molecule has 0 unspecified atom stereocenters. The van der Waals surface area contributed by atoms with Gasteiger partial charge in [0, 0.05) is 6.42 Å². The lowest BCUT2D eigenvalue weighted by molar-refractivity contribution is -0.720. The van der Waals surface area contributed by atoms with Crippen molar-refractivity contribution in [2.24, 2.45) is 0 Å². The quantitative estimate of drug-likeness (QED) is 0.473. The van der Waals surface area contributed by atoms with E-state index in [9.17, 15) is 9.90 Å². The third-order valence-corrected chi connectivity index (χ3v) is 2.04. The monoisotopic (exact) mass is 143 g/mol. The molecular formula is C7H13NO2. The van der Waals surface area contributed by atoms with Crippen LogP contribution in [-0.2, 0) is 4.79 Å². The first kappa shape index (κ1) is 7.54. The number of carboxylic acid groups (broad SMARTS) is 1. The normalized spacial score (nSPS) is 33.7. The van der Waals surface area contributed by atoms with Gasteiger partial charge in [0.15, 0.2) is 0 Å². The fourth-order valence-electron chi connectivity index (χ4n) is 1.45. The van der Waals surface area contributed by atoms with Gasteiger partial charge < -0.3 is 15.2 Å². The van der Waals surface area contributed by atoms with Crippen molar-refractivity contribution in [1.82, 2.24) is 0 Å². The first-order valence-corrected chi connectivity index (χ1v) is 3.76. The lowest BCUT2D eigenvalue weighted by Gasteiger charge is -2.25. The Labute approximate surface area is 60.4 Å². The summed E-state index contributed by atoms with van der Waals surface area (Å²) in [7, 11) is 0. The number of rotatable bonds is 1. The molecule has 2 atom stereocenters. The van der Waals surface area contributed by atoms with Crippen LogP contribution in [0.4, 0.5) is 0 Å². The second-order valence-electron chi connectivity index (χ2n) is 3.03. The van der Waals surface area contributed by atoms with Crippen LogP contribution in [0.5, 0.6) is 0 Å². The van der Waals surface area contributed by atoms with Gasteiger partial charge in [0.05, 0.1) is 12.0 Å². The van der Waals surface area contributed by atoms with Crippen molar-refractivity contribution < 1.29 is 15.2 Å². The molecule has 0 amide bonds. The fourth-order valence-corrected chi connectivity index (χ4v) is 1.45. The Morgan fingerprint density at radius 2 is 2.30 bits per heavy atom. The minimum Gasteiger partial charge on any atom is -0.544 e. The van der Waals surface area contributed by atoms with Gasteiger partial charge in [-0.25, -0.2) is 0 Å². The number of carboxylic acids is 1. The number of carbonyl (C=O) groups is 1. The highest BCUT2D eigenvalue weighted by Gasteiger charge is 2.21. The zero-order valence-corrected chi connectivity index (χ0v) is 6.17. The van der Waals surface area contributed by atoms with Gasteiger partial charge in [0.1, 0.15) is 6.04 Å². The van der Waals surface area contributed by atoms with E-state index in [0.29, 0.717) is 6.04 Å². The van der Waals surface area contributed by atoms with Gasteiger partial charge in [-0.05, 0) is 19.8 Å². The van der Waals surface area contributed by atoms with E-state index < -0.39 is 5.97 Å². The summed E-state index contributed by atoms with van der Waals surface area (Å²) >= 11 is 0. The summed E-state index contributed by atoms with van der Waals surface area (Å²) in [5, 5.41) is 12.2. The van der Waals surface area contributed by atoms with E-state index >= 15 is 0 Å². The number of hydrogen-bond donors (Lipinski definition) is 1. The number of nitrogens with two attached hydrogens (primary N) is 1. The maximum atomic E-state index is 10.4. The van der Waals surface area contributed by atoms with Gasteiger partial charge in [-0.1, -0.05) is 0 Å². The van der Waals surface area contributed by atoms with Crippen molar-refractivity contribution in [3.63, 3.8) is 0 Å². The fraction of sp³-hybridized carbons (Fsp3) is 0.857. The average molecular weight is 143 g/mol. The van der Waals surface area contributed by atoms with E-state index in [1.165, 1.54) is 0 Å². The van der Waals surface area contributed by atoms with Crippen LogP contribution in [0.2, 0.25) is 0 Å². The lowest BCUT2D eigenvalue weighted by Crippen LogP contribution is -2.98. The van der Waals surface area contributed by atoms with Gasteiger partial charge in [0.2, 0.25) is 0 Å². The van der Waals surface area contributed by atoms with E-state index in [0.717, 1.165) is 19.3 Å². The summed E-state index contributed by atoms with van der Waals surface area (Å²) in [6, 6.07) is 0.167. The Morgan fingerprint density at radius 3 is 2.70 bits per heavy atom. The van der Waals surface area contributed by atoms with E-state index in [4.69, 9.17) is 0 Å². The Morgan fingerprint density at radius 1 is 1.60 bits per heavy atom. The van der Waals surface area contributed by atoms with E-state index in [-0.39, 0.29) is 6.04 Å². The van der Waals surface area contributed by atoms with Crippen molar-refractivity contribution in [1.29, 1.82) is 0 Å². The molecule has 1 heterocycles. The number of piperidine rings is 1. The molecule has 0 radical (unpaired) electrons. The SMILES string of the molecule is C[C@H]1CCC[C@H](C(=O)[O-])[NH2+]1. The molecule has 1 rings (SSSR count). The van der Waals surface area contributed by atoms with Crippen molar-refractivity contribution >= 4 is 5.97 Å². The van der Waals surface area contributed by atoms with Gasteiger partial charge >= 0.3 is 0 Å². The molecule has 0 aromatic heterocycles. The second-order valence-corrected chi connectivity index (χ2v) is 3.03. The molecule has 0 aromatic rings. The number of aliphatic carboxylic acids is 1. The molecule has 0 spiro atoms. The maximum absolute atomic E-state index is 10.4. The summed E-state index contributed by atoms with van der Waals surface area (Å²) in [6.07, 6.45) is 2.92. The van der Waals surface area contributed by atoms with Crippen molar-refractivity contribution in [2.75, 3.05) is 0 Å². The summed E-state index contributed by atoms with van der Waals surface area (Å²) in [5.41, 5.74) is 0. The van der Waals surface area contributed by atoms with Gasteiger partial charge in [-0.15, -0.1) is 0 Å². The van der Waals surface area contributed by atoms with Crippen LogP contribution in [0, 0.1) is 0 Å². The first-order chi connectivity index (χ1) is 4.70. The highest BCUT2D eigenvalue weighted by molar-refractivity contribution is 5.69. The Balaban J connectivity index is 2.39. The Bertz CT molecular complexity index is 136. The Hall–Kier alpha value is -0.570. The maximum Gasteiger partial charge on any atom is 0.126 e. The molecule has 1 saturated heterocycles. The van der Waals surface area contributed by atoms with Crippen LogP contribution in [0.3, 0.4) is 0 Å². The minimum atomic E-state index is -0.911. The molecule has 10 heavy (non-hydrogen) atoms. The Kier molecular flexibility index (Phi) is 2.27. The molecule has 0 aliphatic carbocycles. The van der Waals surface area contributed by atoms with E-state index in [1.807, 2.05) is 5.32 Å². The second kappa shape index (κ2) is 3.01. The summed E-state index contributed by atoms with van der Waals surface area (Å²) < 4.78 is 0. The third kappa shape index (κ3) is 1.70. The average Bonchev–Trinajstić information content (AvgIpc) is 1.88. The van der Waals surface area contributed by atoms with Gasteiger partial charge in [-0.2, -0.15) is 0 Å². The highest BCUT2D eigenvalue weighted by atomic mass is 16.4. The van der Waals surface area contributed by atoms with Gasteiger partial charge in [0.25, 0.3) is 0 Å². The first-order valence-electron chi connectivity index (χ1n) is 3.76.